The Hall–Kier alpha value is -1.72. The smallest absolute Gasteiger partial charge is 0.291 e. The topological polar surface area (TPSA) is 217 Å². The molecule has 0 heterocycles. The summed E-state index contributed by atoms with van der Waals surface area (Å²) in [6.45, 7) is 1.93. The van der Waals surface area contributed by atoms with Gasteiger partial charge in [-0.2, -0.15) is 0 Å². The summed E-state index contributed by atoms with van der Waals surface area (Å²) in [5.41, 5.74) is 0. The molecule has 0 saturated carbocycles. The lowest BCUT2D eigenvalue weighted by atomic mass is 10.9. The van der Waals surface area contributed by atoms with Gasteiger partial charge in [-0.1, -0.05) is 0 Å². The molecule has 0 atom stereocenters. The zero-order chi connectivity index (χ0) is 9.86. The average Bonchev–Trinajstić information content (AvgIpc) is 1.60. The molecule has 0 amide bonds. The van der Waals surface area contributed by atoms with E-state index >= 15 is 0 Å². The molecule has 0 radical (unpaired) electrons. The van der Waals surface area contributed by atoms with Crippen LogP contribution in [0.15, 0.2) is 0 Å². The van der Waals surface area contributed by atoms with Crippen LogP contribution >= 0.6 is 0 Å². The lowest BCUT2D eigenvalue weighted by molar-refractivity contribution is -0.742. The molecule has 84 valence electrons. The summed E-state index contributed by atoms with van der Waals surface area (Å²) in [5.74, 6) is 0. The molecule has 0 unspecified atom stereocenters. The molecular weight excluding hydrogens is 192 g/mol. The minimum Gasteiger partial charge on any atom is -0.397 e. The second-order valence-electron chi connectivity index (χ2n) is 0.792. The van der Waals surface area contributed by atoms with Crippen molar-refractivity contribution in [2.45, 2.75) is 6.92 Å². The van der Waals surface area contributed by atoms with Gasteiger partial charge < -0.3 is 27.8 Å². The molecule has 0 saturated heterocycles. The molecule has 0 bridgehead atoms. The van der Waals surface area contributed by atoms with Crippen LogP contribution in [0.4, 0.5) is 0 Å². The Morgan fingerprint density at radius 3 is 1.08 bits per heavy atom. The molecule has 0 aromatic heterocycles. The van der Waals surface area contributed by atoms with E-state index in [1.807, 2.05) is 0 Å². The van der Waals surface area contributed by atoms with Gasteiger partial charge in [-0.3, -0.25) is 0 Å². The van der Waals surface area contributed by atoms with Gasteiger partial charge in [0.15, 0.2) is 0 Å². The summed E-state index contributed by atoms with van der Waals surface area (Å²) in [4.78, 5) is 16.7. The Balaban J connectivity index is -0.0000000231. The summed E-state index contributed by atoms with van der Waals surface area (Å²) in [7, 11) is 0. The molecule has 0 aliphatic rings. The third kappa shape index (κ3) is 238. The first-order valence-corrected chi connectivity index (χ1v) is 2.15. The van der Waals surface area contributed by atoms with Crippen molar-refractivity contribution in [3.05, 3.63) is 20.2 Å². The summed E-state index contributed by atoms with van der Waals surface area (Å²) < 4.78 is 0. The minimum absolute atomic E-state index is 0. The highest BCUT2D eigenvalue weighted by molar-refractivity contribution is 3.84. The highest BCUT2D eigenvalue weighted by atomic mass is 16.9. The molecule has 0 aliphatic carbocycles. The average molecular weight is 206 g/mol. The van der Waals surface area contributed by atoms with Crippen molar-refractivity contribution < 1.29 is 25.7 Å². The minimum atomic E-state index is -1.50. The van der Waals surface area contributed by atoms with Crippen LogP contribution in [0, 0.1) is 20.2 Å². The van der Waals surface area contributed by atoms with Crippen molar-refractivity contribution in [3.8, 4) is 0 Å². The normalized spacial score (nSPS) is 5.08. The number of rotatable bonds is 0. The maximum Gasteiger partial charge on any atom is 0.291 e. The molecular formula is C2H14N4O7. The molecule has 0 rings (SSSR count). The van der Waals surface area contributed by atoms with Gasteiger partial charge in [-0.25, -0.2) is 0 Å². The van der Waals surface area contributed by atoms with Crippen molar-refractivity contribution in [1.82, 2.24) is 12.3 Å². The van der Waals surface area contributed by atoms with E-state index in [4.69, 9.17) is 35.7 Å². The summed E-state index contributed by atoms with van der Waals surface area (Å²) in [6.07, 6.45) is 0. The van der Waals surface area contributed by atoms with E-state index in [0.29, 0.717) is 0 Å². The second kappa shape index (κ2) is 31.8. The largest absolute Gasteiger partial charge is 0.397 e. The lowest BCUT2D eigenvalue weighted by Crippen LogP contribution is -1.81. The Morgan fingerprint density at radius 1 is 1.08 bits per heavy atom. The lowest BCUT2D eigenvalue weighted by Gasteiger charge is -1.56. The fourth-order valence-electron chi connectivity index (χ4n) is 0. The zero-order valence-electron chi connectivity index (χ0n) is 6.99. The van der Waals surface area contributed by atoms with Gasteiger partial charge in [0, 0.05) is 6.61 Å². The SMILES string of the molecule is CCO.N.N.O=[N+]([O-])O.O=[N+]([O-])O. The Bertz CT molecular complexity index is 86.7. The van der Waals surface area contributed by atoms with Gasteiger partial charge in [0.1, 0.15) is 0 Å². The van der Waals surface area contributed by atoms with Crippen molar-refractivity contribution in [2.75, 3.05) is 6.61 Å². The maximum atomic E-state index is 8.36. The molecule has 13 heavy (non-hydrogen) atoms. The molecule has 0 spiro atoms. The van der Waals surface area contributed by atoms with Crippen LogP contribution in [-0.4, -0.2) is 32.3 Å². The predicted octanol–water partition coefficient (Wildman–Crippen LogP) is -0.373. The van der Waals surface area contributed by atoms with E-state index in [1.165, 1.54) is 0 Å². The van der Waals surface area contributed by atoms with Crippen LogP contribution in [0.2, 0.25) is 0 Å². The molecule has 9 N–H and O–H groups in total. The predicted molar refractivity (Wildman–Crippen MR) is 40.4 cm³/mol. The molecule has 0 aromatic carbocycles. The molecule has 11 heteroatoms. The van der Waals surface area contributed by atoms with Crippen LogP contribution in [0.3, 0.4) is 0 Å². The van der Waals surface area contributed by atoms with Crippen LogP contribution < -0.4 is 12.3 Å². The fourth-order valence-corrected chi connectivity index (χ4v) is 0. The van der Waals surface area contributed by atoms with Gasteiger partial charge in [-0.15, -0.1) is 20.2 Å². The third-order valence-electron chi connectivity index (χ3n) is 0. The van der Waals surface area contributed by atoms with E-state index in [2.05, 4.69) is 0 Å². The van der Waals surface area contributed by atoms with Crippen molar-refractivity contribution in [2.24, 2.45) is 0 Å². The Labute approximate surface area is 73.0 Å². The van der Waals surface area contributed by atoms with Crippen LogP contribution in [0.25, 0.3) is 0 Å². The number of aliphatic hydroxyl groups is 1. The highest BCUT2D eigenvalue weighted by Crippen LogP contribution is 1.38. The van der Waals surface area contributed by atoms with Crippen LogP contribution in [-0.2, 0) is 0 Å². The fraction of sp³-hybridized carbons (Fsp3) is 1.00. The van der Waals surface area contributed by atoms with E-state index in [9.17, 15) is 0 Å². The van der Waals surface area contributed by atoms with Gasteiger partial charge in [-0.05, 0) is 6.92 Å². The van der Waals surface area contributed by atoms with Crippen molar-refractivity contribution >= 4 is 0 Å². The monoisotopic (exact) mass is 206 g/mol. The van der Waals surface area contributed by atoms with Gasteiger partial charge in [0.05, 0.1) is 0 Å². The molecule has 0 fully saturated rings. The zero-order valence-corrected chi connectivity index (χ0v) is 6.99. The van der Waals surface area contributed by atoms with Gasteiger partial charge in [0.25, 0.3) is 10.2 Å². The standard InChI is InChI=1S/C2H6O.2HNO3.2H3N/c1-2-3;2*2-1(3)4;;/h3H,2H2,1H3;2*(H,2,3,4);2*1H3. The molecule has 11 nitrogen and oxygen atoms in total. The molecule has 0 aromatic rings. The third-order valence-corrected chi connectivity index (χ3v) is 0. The van der Waals surface area contributed by atoms with Gasteiger partial charge >= 0.3 is 0 Å². The summed E-state index contributed by atoms with van der Waals surface area (Å²) >= 11 is 0. The Kier molecular flexibility index (Phi) is 73.8. The van der Waals surface area contributed by atoms with Gasteiger partial charge in [0.2, 0.25) is 0 Å². The van der Waals surface area contributed by atoms with E-state index in [1.54, 1.807) is 6.92 Å². The van der Waals surface area contributed by atoms with Crippen molar-refractivity contribution in [1.29, 1.82) is 0 Å². The van der Waals surface area contributed by atoms with E-state index < -0.39 is 10.2 Å². The van der Waals surface area contributed by atoms with Crippen LogP contribution in [0.1, 0.15) is 6.92 Å². The van der Waals surface area contributed by atoms with Crippen LogP contribution in [0.5, 0.6) is 0 Å². The Morgan fingerprint density at radius 2 is 1.08 bits per heavy atom. The summed E-state index contributed by atoms with van der Waals surface area (Å²) in [6, 6.07) is 0. The first kappa shape index (κ1) is 30.2. The number of nitrogens with zero attached hydrogens (tertiary/aromatic N) is 2. The van der Waals surface area contributed by atoms with Crippen molar-refractivity contribution in [3.63, 3.8) is 0 Å². The first-order valence-electron chi connectivity index (χ1n) is 2.15. The highest BCUT2D eigenvalue weighted by Gasteiger charge is 1.65. The molecule has 0 aliphatic heterocycles. The van der Waals surface area contributed by atoms with E-state index in [-0.39, 0.29) is 18.9 Å². The maximum absolute atomic E-state index is 8.36. The number of hydrogen-bond donors (Lipinski definition) is 5. The number of aliphatic hydroxyl groups excluding tert-OH is 1. The van der Waals surface area contributed by atoms with E-state index in [0.717, 1.165) is 0 Å². The summed E-state index contributed by atoms with van der Waals surface area (Å²) in [5, 5.41) is 34.8. The number of hydrogen-bond acceptors (Lipinski definition) is 7. The first-order chi connectivity index (χ1) is 4.88. The second-order valence-corrected chi connectivity index (χ2v) is 0.792. The quantitative estimate of drug-likeness (QED) is 0.257.